The molecule has 0 bridgehead atoms. The van der Waals surface area contributed by atoms with Crippen LogP contribution in [0.5, 0.6) is 0 Å². The largest absolute Gasteiger partial charge is 0.453 e. The fourth-order valence-electron chi connectivity index (χ4n) is 3.55. The Balaban J connectivity index is 1.43. The van der Waals surface area contributed by atoms with Crippen LogP contribution in [0.15, 0.2) is 65.1 Å². The maximum atomic E-state index is 11.3. The predicted molar refractivity (Wildman–Crippen MR) is 119 cm³/mol. The zero-order chi connectivity index (χ0) is 22.0. The predicted octanol–water partition coefficient (Wildman–Crippen LogP) is 4.26. The van der Waals surface area contributed by atoms with E-state index >= 15 is 0 Å². The molecule has 0 saturated carbocycles. The summed E-state index contributed by atoms with van der Waals surface area (Å²) >= 11 is 5.59. The van der Waals surface area contributed by atoms with Crippen molar-refractivity contribution in [2.45, 2.75) is 0 Å². The van der Waals surface area contributed by atoms with Gasteiger partial charge in [-0.15, -0.1) is 0 Å². The number of para-hydroxylation sites is 1. The van der Waals surface area contributed by atoms with Crippen molar-refractivity contribution in [1.82, 2.24) is 4.90 Å². The number of nitrogens with zero attached hydrogens (tertiary/aromatic N) is 4. The Morgan fingerprint density at radius 1 is 0.871 bits per heavy atom. The third-order valence-electron chi connectivity index (χ3n) is 5.18. The van der Waals surface area contributed by atoms with Crippen LogP contribution >= 0.6 is 12.2 Å². The molecule has 1 fully saturated rings. The van der Waals surface area contributed by atoms with Crippen molar-refractivity contribution in [2.24, 2.45) is 0 Å². The van der Waals surface area contributed by atoms with E-state index in [2.05, 4.69) is 4.90 Å². The van der Waals surface area contributed by atoms with Crippen molar-refractivity contribution in [2.75, 3.05) is 31.1 Å². The number of piperazine rings is 1. The number of anilines is 1. The van der Waals surface area contributed by atoms with Crippen LogP contribution in [-0.2, 0) is 0 Å². The lowest BCUT2D eigenvalue weighted by Gasteiger charge is -2.36. The second-order valence-corrected chi connectivity index (χ2v) is 7.38. The number of hydrogen-bond donors (Lipinski definition) is 0. The van der Waals surface area contributed by atoms with Gasteiger partial charge in [-0.2, -0.15) is 0 Å². The molecule has 0 N–H and O–H groups in total. The topological polar surface area (TPSA) is 106 Å². The molecule has 0 aliphatic carbocycles. The van der Waals surface area contributed by atoms with Crippen LogP contribution < -0.4 is 4.90 Å². The standard InChI is InChI=1S/C21H18N4O5S/c26-24(27)16-7-5-15(6-8-16)22-11-13-23(14-12-22)21(31)20-10-9-19(30-20)17-3-1-2-4-18(17)25(28)29/h1-10H,11-14H2. The lowest BCUT2D eigenvalue weighted by Crippen LogP contribution is -2.48. The molecule has 158 valence electrons. The third-order valence-corrected chi connectivity index (χ3v) is 5.63. The molecule has 9 nitrogen and oxygen atoms in total. The van der Waals surface area contributed by atoms with E-state index in [9.17, 15) is 20.2 Å². The molecule has 0 spiro atoms. The average Bonchev–Trinajstić information content (AvgIpc) is 3.29. The minimum absolute atomic E-state index is 0.0222. The summed E-state index contributed by atoms with van der Waals surface area (Å²) in [6.45, 7) is 2.74. The molecule has 31 heavy (non-hydrogen) atoms. The minimum Gasteiger partial charge on any atom is -0.453 e. The Morgan fingerprint density at radius 2 is 1.55 bits per heavy atom. The quantitative estimate of drug-likeness (QED) is 0.330. The number of benzene rings is 2. The molecular formula is C21H18N4O5S. The first-order valence-electron chi connectivity index (χ1n) is 9.56. The minimum atomic E-state index is -0.437. The van der Waals surface area contributed by atoms with Crippen LogP contribution in [0.25, 0.3) is 11.3 Å². The SMILES string of the molecule is O=[N+]([O-])c1ccc(N2CCN(C(=S)c3ccc(-c4ccccc4[N+](=O)[O-])o3)CC2)cc1. The highest BCUT2D eigenvalue weighted by atomic mass is 32.1. The van der Waals surface area contributed by atoms with Gasteiger partial charge in [-0.05, 0) is 30.3 Å². The number of hydrogen-bond acceptors (Lipinski definition) is 7. The Morgan fingerprint density at radius 3 is 2.19 bits per heavy atom. The smallest absolute Gasteiger partial charge is 0.280 e. The summed E-state index contributed by atoms with van der Waals surface area (Å²) in [5.41, 5.74) is 1.37. The molecule has 0 unspecified atom stereocenters. The van der Waals surface area contributed by atoms with Gasteiger partial charge in [0.2, 0.25) is 0 Å². The zero-order valence-electron chi connectivity index (χ0n) is 16.3. The van der Waals surface area contributed by atoms with E-state index in [0.717, 1.165) is 5.69 Å². The molecule has 10 heteroatoms. The highest BCUT2D eigenvalue weighted by Crippen LogP contribution is 2.31. The van der Waals surface area contributed by atoms with Gasteiger partial charge in [0.05, 0.1) is 15.4 Å². The maximum Gasteiger partial charge on any atom is 0.280 e. The van der Waals surface area contributed by atoms with Crippen molar-refractivity contribution in [3.8, 4) is 11.3 Å². The first-order chi connectivity index (χ1) is 14.9. The molecule has 2 aromatic carbocycles. The van der Waals surface area contributed by atoms with E-state index in [4.69, 9.17) is 16.6 Å². The molecule has 1 saturated heterocycles. The Hall–Kier alpha value is -3.79. The van der Waals surface area contributed by atoms with Crippen LogP contribution in [0.1, 0.15) is 5.76 Å². The highest BCUT2D eigenvalue weighted by Gasteiger charge is 2.23. The second-order valence-electron chi connectivity index (χ2n) is 6.99. The fraction of sp³-hybridized carbons (Fsp3) is 0.190. The van der Waals surface area contributed by atoms with Crippen LogP contribution in [0.2, 0.25) is 0 Å². The Labute approximate surface area is 182 Å². The number of rotatable bonds is 5. The van der Waals surface area contributed by atoms with Crippen molar-refractivity contribution in [3.05, 3.63) is 86.7 Å². The summed E-state index contributed by atoms with van der Waals surface area (Å²) in [7, 11) is 0. The molecule has 4 rings (SSSR count). The summed E-state index contributed by atoms with van der Waals surface area (Å²) in [6.07, 6.45) is 0. The van der Waals surface area contributed by atoms with Gasteiger partial charge in [-0.1, -0.05) is 24.4 Å². The molecule has 0 atom stereocenters. The monoisotopic (exact) mass is 438 g/mol. The van der Waals surface area contributed by atoms with E-state index < -0.39 is 9.85 Å². The number of nitro groups is 2. The van der Waals surface area contributed by atoms with Crippen molar-refractivity contribution in [1.29, 1.82) is 0 Å². The van der Waals surface area contributed by atoms with E-state index in [0.29, 0.717) is 48.3 Å². The van der Waals surface area contributed by atoms with Gasteiger partial charge < -0.3 is 14.2 Å². The molecule has 0 radical (unpaired) electrons. The summed E-state index contributed by atoms with van der Waals surface area (Å²) < 4.78 is 5.86. The van der Waals surface area contributed by atoms with Crippen molar-refractivity contribution < 1.29 is 14.3 Å². The summed E-state index contributed by atoms with van der Waals surface area (Å²) in [5.74, 6) is 0.890. The molecule has 0 amide bonds. The van der Waals surface area contributed by atoms with Crippen LogP contribution in [0.3, 0.4) is 0 Å². The first-order valence-corrected chi connectivity index (χ1v) is 9.97. The average molecular weight is 438 g/mol. The van der Waals surface area contributed by atoms with Crippen LogP contribution in [0, 0.1) is 20.2 Å². The van der Waals surface area contributed by atoms with Crippen LogP contribution in [-0.4, -0.2) is 45.9 Å². The van der Waals surface area contributed by atoms with E-state index in [1.165, 1.54) is 18.2 Å². The Kier molecular flexibility index (Phi) is 5.63. The maximum absolute atomic E-state index is 11.3. The van der Waals surface area contributed by atoms with Gasteiger partial charge in [-0.3, -0.25) is 20.2 Å². The number of furan rings is 1. The molecule has 1 aliphatic rings. The lowest BCUT2D eigenvalue weighted by molar-refractivity contribution is -0.384. The fourth-order valence-corrected chi connectivity index (χ4v) is 3.84. The number of non-ortho nitro benzene ring substituents is 1. The van der Waals surface area contributed by atoms with Gasteiger partial charge in [-0.25, -0.2) is 0 Å². The molecular weight excluding hydrogens is 420 g/mol. The van der Waals surface area contributed by atoms with E-state index in [-0.39, 0.29) is 11.4 Å². The summed E-state index contributed by atoms with van der Waals surface area (Å²) in [5, 5.41) is 22.1. The molecule has 2 heterocycles. The Bertz CT molecular complexity index is 1140. The lowest BCUT2D eigenvalue weighted by atomic mass is 10.1. The normalized spacial score (nSPS) is 13.8. The first kappa shape index (κ1) is 20.5. The van der Waals surface area contributed by atoms with Crippen molar-refractivity contribution >= 4 is 34.3 Å². The van der Waals surface area contributed by atoms with E-state index in [1.807, 2.05) is 4.90 Å². The van der Waals surface area contributed by atoms with Gasteiger partial charge in [0.15, 0.2) is 5.76 Å². The summed E-state index contributed by atoms with van der Waals surface area (Å²) in [6, 6.07) is 16.3. The van der Waals surface area contributed by atoms with Gasteiger partial charge in [0, 0.05) is 50.1 Å². The highest BCUT2D eigenvalue weighted by molar-refractivity contribution is 7.80. The van der Waals surface area contributed by atoms with Gasteiger partial charge >= 0.3 is 0 Å². The molecule has 1 aromatic heterocycles. The van der Waals surface area contributed by atoms with Crippen molar-refractivity contribution in [3.63, 3.8) is 0 Å². The molecule has 1 aliphatic heterocycles. The summed E-state index contributed by atoms with van der Waals surface area (Å²) in [4.78, 5) is 26.0. The number of thiocarbonyl (C=S) groups is 1. The van der Waals surface area contributed by atoms with Crippen LogP contribution in [0.4, 0.5) is 17.1 Å². The zero-order valence-corrected chi connectivity index (χ0v) is 17.2. The third kappa shape index (κ3) is 4.24. The molecule has 3 aromatic rings. The van der Waals surface area contributed by atoms with E-state index in [1.54, 1.807) is 42.5 Å². The second kappa shape index (κ2) is 8.52. The van der Waals surface area contributed by atoms with Gasteiger partial charge in [0.1, 0.15) is 10.7 Å². The van der Waals surface area contributed by atoms with Gasteiger partial charge in [0.25, 0.3) is 11.4 Å². The number of nitro benzene ring substituents is 2.